The van der Waals surface area contributed by atoms with Gasteiger partial charge in [-0.25, -0.2) is 0 Å². The molecule has 7 heteroatoms. The van der Waals surface area contributed by atoms with E-state index in [0.29, 0.717) is 17.1 Å². The molecule has 0 radical (unpaired) electrons. The zero-order valence-corrected chi connectivity index (χ0v) is 16.5. The van der Waals surface area contributed by atoms with E-state index in [1.54, 1.807) is 36.4 Å². The van der Waals surface area contributed by atoms with Gasteiger partial charge in [0.1, 0.15) is 0 Å². The Morgan fingerprint density at radius 3 is 1.86 bits per heavy atom. The van der Waals surface area contributed by atoms with Gasteiger partial charge in [-0.15, -0.1) is 0 Å². The molecule has 0 saturated heterocycles. The van der Waals surface area contributed by atoms with Gasteiger partial charge >= 0.3 is 11.8 Å². The first kappa shape index (κ1) is 20.2. The van der Waals surface area contributed by atoms with E-state index in [1.165, 1.54) is 18.7 Å². The van der Waals surface area contributed by atoms with E-state index in [2.05, 4.69) is 16.0 Å². The van der Waals surface area contributed by atoms with Crippen molar-refractivity contribution in [2.24, 2.45) is 0 Å². The van der Waals surface area contributed by atoms with Crippen molar-refractivity contribution in [2.75, 3.05) is 16.0 Å². The molecule has 0 fully saturated rings. The van der Waals surface area contributed by atoms with Gasteiger partial charge < -0.3 is 16.0 Å². The molecule has 0 aliphatic carbocycles. The molecule has 0 aromatic heterocycles. The van der Waals surface area contributed by atoms with Gasteiger partial charge in [-0.3, -0.25) is 14.4 Å². The summed E-state index contributed by atoms with van der Waals surface area (Å²) in [5.41, 5.74) is 1.61. The van der Waals surface area contributed by atoms with Crippen LogP contribution in [0.4, 0.5) is 17.1 Å². The third-order valence-electron chi connectivity index (χ3n) is 3.78. The van der Waals surface area contributed by atoms with Gasteiger partial charge in [0.15, 0.2) is 0 Å². The van der Waals surface area contributed by atoms with Crippen LogP contribution < -0.4 is 16.0 Å². The molecule has 29 heavy (non-hydrogen) atoms. The summed E-state index contributed by atoms with van der Waals surface area (Å²) < 4.78 is 0. The SMILES string of the molecule is CC(=O)Nc1ccc(NC(=O)C(=O)Nc2ccccc2Sc2ccccc2)cc1. The van der Waals surface area contributed by atoms with Crippen molar-refractivity contribution in [3.05, 3.63) is 78.9 Å². The summed E-state index contributed by atoms with van der Waals surface area (Å²) in [5.74, 6) is -1.73. The Kier molecular flexibility index (Phi) is 6.65. The first-order valence-corrected chi connectivity index (χ1v) is 9.65. The van der Waals surface area contributed by atoms with Crippen molar-refractivity contribution in [3.63, 3.8) is 0 Å². The van der Waals surface area contributed by atoms with Gasteiger partial charge in [-0.05, 0) is 48.5 Å². The lowest BCUT2D eigenvalue weighted by Gasteiger charge is -2.11. The normalized spacial score (nSPS) is 10.1. The molecular formula is C22H19N3O3S. The molecule has 0 heterocycles. The van der Waals surface area contributed by atoms with Gasteiger partial charge in [-0.1, -0.05) is 42.1 Å². The fraction of sp³-hybridized carbons (Fsp3) is 0.0455. The molecule has 3 aromatic rings. The first-order valence-electron chi connectivity index (χ1n) is 8.83. The summed E-state index contributed by atoms with van der Waals surface area (Å²) in [5, 5.41) is 7.83. The van der Waals surface area contributed by atoms with Crippen LogP contribution in [0, 0.1) is 0 Å². The lowest BCUT2D eigenvalue weighted by atomic mass is 10.2. The summed E-state index contributed by atoms with van der Waals surface area (Å²) in [7, 11) is 0. The Labute approximate surface area is 172 Å². The monoisotopic (exact) mass is 405 g/mol. The Hall–Kier alpha value is -3.58. The van der Waals surface area contributed by atoms with Crippen molar-refractivity contribution in [1.29, 1.82) is 0 Å². The third kappa shape index (κ3) is 5.95. The van der Waals surface area contributed by atoms with Crippen molar-refractivity contribution in [1.82, 2.24) is 0 Å². The van der Waals surface area contributed by atoms with Gasteiger partial charge in [0.2, 0.25) is 5.91 Å². The zero-order chi connectivity index (χ0) is 20.6. The number of benzene rings is 3. The Morgan fingerprint density at radius 2 is 1.21 bits per heavy atom. The number of anilines is 3. The minimum absolute atomic E-state index is 0.187. The minimum atomic E-state index is -0.781. The molecule has 0 bridgehead atoms. The zero-order valence-electron chi connectivity index (χ0n) is 15.6. The molecule has 6 nitrogen and oxygen atoms in total. The molecule has 3 aromatic carbocycles. The highest BCUT2D eigenvalue weighted by atomic mass is 32.2. The van der Waals surface area contributed by atoms with Crippen molar-refractivity contribution < 1.29 is 14.4 Å². The fourth-order valence-electron chi connectivity index (χ4n) is 2.48. The first-order chi connectivity index (χ1) is 14.0. The second-order valence-electron chi connectivity index (χ2n) is 6.08. The van der Waals surface area contributed by atoms with Crippen LogP contribution >= 0.6 is 11.8 Å². The minimum Gasteiger partial charge on any atom is -0.326 e. The fourth-order valence-corrected chi connectivity index (χ4v) is 3.40. The Bertz CT molecular complexity index is 1020. The average molecular weight is 405 g/mol. The quantitative estimate of drug-likeness (QED) is 0.550. The molecular weight excluding hydrogens is 386 g/mol. The topological polar surface area (TPSA) is 87.3 Å². The molecule has 3 amide bonds. The molecule has 0 spiro atoms. The van der Waals surface area contributed by atoms with Crippen LogP contribution in [0.2, 0.25) is 0 Å². The van der Waals surface area contributed by atoms with Gasteiger partial charge in [-0.2, -0.15) is 0 Å². The molecule has 3 rings (SSSR count). The van der Waals surface area contributed by atoms with Crippen LogP contribution in [0.1, 0.15) is 6.92 Å². The molecule has 3 N–H and O–H groups in total. The maximum atomic E-state index is 12.3. The molecule has 0 atom stereocenters. The van der Waals surface area contributed by atoms with Gasteiger partial charge in [0.25, 0.3) is 0 Å². The number of carbonyl (C=O) groups is 3. The molecule has 146 valence electrons. The maximum absolute atomic E-state index is 12.3. The van der Waals surface area contributed by atoms with E-state index in [1.807, 2.05) is 42.5 Å². The van der Waals surface area contributed by atoms with Gasteiger partial charge in [0, 0.05) is 28.1 Å². The van der Waals surface area contributed by atoms with Crippen molar-refractivity contribution in [2.45, 2.75) is 16.7 Å². The lowest BCUT2D eigenvalue weighted by molar-refractivity contribution is -0.133. The van der Waals surface area contributed by atoms with Crippen molar-refractivity contribution in [3.8, 4) is 0 Å². The highest BCUT2D eigenvalue weighted by Crippen LogP contribution is 2.33. The van der Waals surface area contributed by atoms with Crippen LogP contribution in [0.15, 0.2) is 88.7 Å². The van der Waals surface area contributed by atoms with E-state index in [0.717, 1.165) is 9.79 Å². The van der Waals surface area contributed by atoms with Gasteiger partial charge in [0.05, 0.1) is 5.69 Å². The summed E-state index contributed by atoms with van der Waals surface area (Å²) >= 11 is 1.50. The van der Waals surface area contributed by atoms with Crippen LogP contribution in [-0.4, -0.2) is 17.7 Å². The standard InChI is InChI=1S/C22H19N3O3S/c1-15(26)23-16-11-13-17(14-12-16)24-21(27)22(28)25-19-9-5-6-10-20(19)29-18-7-3-2-4-8-18/h2-14H,1H3,(H,23,26)(H,24,27)(H,25,28). The van der Waals surface area contributed by atoms with Crippen molar-refractivity contribution >= 4 is 46.5 Å². The number of hydrogen-bond donors (Lipinski definition) is 3. The van der Waals surface area contributed by atoms with Crippen LogP contribution in [0.5, 0.6) is 0 Å². The second kappa shape index (κ2) is 9.57. The predicted octanol–water partition coefficient (Wildman–Crippen LogP) is 4.37. The van der Waals surface area contributed by atoms with Crippen LogP contribution in [-0.2, 0) is 14.4 Å². The summed E-state index contributed by atoms with van der Waals surface area (Å²) in [6.07, 6.45) is 0. The summed E-state index contributed by atoms with van der Waals surface area (Å²) in [6.45, 7) is 1.41. The van der Waals surface area contributed by atoms with Crippen LogP contribution in [0.25, 0.3) is 0 Å². The Morgan fingerprint density at radius 1 is 0.655 bits per heavy atom. The highest BCUT2D eigenvalue weighted by molar-refractivity contribution is 7.99. The second-order valence-corrected chi connectivity index (χ2v) is 7.19. The number of amides is 3. The molecule has 0 unspecified atom stereocenters. The lowest BCUT2D eigenvalue weighted by Crippen LogP contribution is -2.29. The number of rotatable bonds is 5. The predicted molar refractivity (Wildman–Crippen MR) is 115 cm³/mol. The molecule has 0 aliphatic rings. The Balaban J connectivity index is 1.64. The van der Waals surface area contributed by atoms with E-state index in [-0.39, 0.29) is 5.91 Å². The maximum Gasteiger partial charge on any atom is 0.314 e. The number of para-hydroxylation sites is 1. The molecule has 0 aliphatic heterocycles. The third-order valence-corrected chi connectivity index (χ3v) is 4.86. The molecule has 0 saturated carbocycles. The van der Waals surface area contributed by atoms with E-state index in [4.69, 9.17) is 0 Å². The summed E-state index contributed by atoms with van der Waals surface area (Å²) in [4.78, 5) is 37.5. The van der Waals surface area contributed by atoms with Crippen LogP contribution in [0.3, 0.4) is 0 Å². The summed E-state index contributed by atoms with van der Waals surface area (Å²) in [6, 6.07) is 23.5. The smallest absolute Gasteiger partial charge is 0.314 e. The average Bonchev–Trinajstić information content (AvgIpc) is 2.71. The number of hydrogen-bond acceptors (Lipinski definition) is 4. The van der Waals surface area contributed by atoms with E-state index >= 15 is 0 Å². The van der Waals surface area contributed by atoms with E-state index in [9.17, 15) is 14.4 Å². The number of nitrogens with one attached hydrogen (secondary N) is 3. The largest absolute Gasteiger partial charge is 0.326 e. The van der Waals surface area contributed by atoms with E-state index < -0.39 is 11.8 Å². The number of carbonyl (C=O) groups excluding carboxylic acids is 3. The highest BCUT2D eigenvalue weighted by Gasteiger charge is 2.16.